The van der Waals surface area contributed by atoms with Crippen LogP contribution in [0.4, 0.5) is 15.8 Å². The first-order valence-electron chi connectivity index (χ1n) is 9.26. The van der Waals surface area contributed by atoms with Crippen LogP contribution in [0.2, 0.25) is 0 Å². The van der Waals surface area contributed by atoms with Crippen molar-refractivity contribution in [1.82, 2.24) is 4.98 Å². The minimum Gasteiger partial charge on any atom is -0.251 e. The molecule has 28 heavy (non-hydrogen) atoms. The predicted molar refractivity (Wildman–Crippen MR) is 115 cm³/mol. The number of benzene rings is 2. The fourth-order valence-electron chi connectivity index (χ4n) is 3.19. The van der Waals surface area contributed by atoms with Gasteiger partial charge in [-0.25, -0.2) is 14.4 Å². The predicted octanol–water partition coefficient (Wildman–Crippen LogP) is 6.43. The molecule has 0 unspecified atom stereocenters. The Morgan fingerprint density at radius 1 is 0.786 bits per heavy atom. The van der Waals surface area contributed by atoms with E-state index in [0.717, 1.165) is 28.2 Å². The van der Waals surface area contributed by atoms with E-state index in [1.54, 1.807) is 18.2 Å². The van der Waals surface area contributed by atoms with E-state index in [-0.39, 0.29) is 5.82 Å². The summed E-state index contributed by atoms with van der Waals surface area (Å²) in [5.74, 6) is -0.346. The number of nitrogens with zero attached hydrogens (tertiary/aromatic N) is 3. The number of rotatable bonds is 4. The Bertz CT molecular complexity index is 1060. The Balaban J connectivity index is 1.96. The van der Waals surface area contributed by atoms with Crippen LogP contribution in [0, 0.1) is 26.6 Å². The molecule has 4 heteroatoms. The molecule has 0 bridgehead atoms. The molecule has 3 nitrogen and oxygen atoms in total. The number of pyridine rings is 1. The second-order valence-corrected chi connectivity index (χ2v) is 7.00. The summed E-state index contributed by atoms with van der Waals surface area (Å²) < 4.78 is 13.9. The number of para-hydroxylation sites is 1. The van der Waals surface area contributed by atoms with Crippen molar-refractivity contribution in [3.05, 3.63) is 88.5 Å². The third-order valence-corrected chi connectivity index (χ3v) is 4.55. The third-order valence-electron chi connectivity index (χ3n) is 4.55. The van der Waals surface area contributed by atoms with Gasteiger partial charge in [0.05, 0.1) is 34.2 Å². The molecule has 1 aromatic heterocycles. The molecule has 1 heterocycles. The van der Waals surface area contributed by atoms with Crippen molar-refractivity contribution in [1.29, 1.82) is 0 Å². The maximum Gasteiger partial charge on any atom is 0.148 e. The van der Waals surface area contributed by atoms with Gasteiger partial charge in [0.25, 0.3) is 0 Å². The third kappa shape index (κ3) is 4.39. The molecule has 3 aromatic rings. The fourth-order valence-corrected chi connectivity index (χ4v) is 3.19. The van der Waals surface area contributed by atoms with Crippen molar-refractivity contribution in [3.8, 4) is 0 Å². The smallest absolute Gasteiger partial charge is 0.148 e. The van der Waals surface area contributed by atoms with Crippen LogP contribution in [0.15, 0.2) is 64.6 Å². The molecule has 0 aliphatic carbocycles. The summed E-state index contributed by atoms with van der Waals surface area (Å²) in [7, 11) is 0. The second-order valence-electron chi connectivity index (χ2n) is 7.00. The van der Waals surface area contributed by atoms with Gasteiger partial charge in [-0.05, 0) is 70.0 Å². The number of halogens is 1. The van der Waals surface area contributed by atoms with Crippen LogP contribution >= 0.6 is 0 Å². The second kappa shape index (κ2) is 8.26. The molecule has 142 valence electrons. The molecule has 0 fully saturated rings. The minimum absolute atomic E-state index is 0.309. The van der Waals surface area contributed by atoms with Crippen LogP contribution in [-0.4, -0.2) is 16.4 Å². The molecule has 0 N–H and O–H groups in total. The highest BCUT2D eigenvalue weighted by atomic mass is 19.1. The minimum atomic E-state index is -0.346. The quantitative estimate of drug-likeness (QED) is 0.486. The van der Waals surface area contributed by atoms with Gasteiger partial charge in [-0.15, -0.1) is 0 Å². The topological polar surface area (TPSA) is 37.6 Å². The van der Waals surface area contributed by atoms with Gasteiger partial charge in [0, 0.05) is 0 Å². The van der Waals surface area contributed by atoms with E-state index in [1.807, 2.05) is 32.0 Å². The molecule has 0 aliphatic rings. The molecule has 0 amide bonds. The van der Waals surface area contributed by atoms with Gasteiger partial charge in [-0.3, -0.25) is 4.99 Å². The van der Waals surface area contributed by atoms with Crippen molar-refractivity contribution in [2.75, 3.05) is 0 Å². The standard InChI is InChI=1S/C24H24FN3/c1-15-13-16(2)24(17(3)14-15)27-19(5)22-12-8-11-21(28-22)18(4)26-23-10-7-6-9-20(23)25/h6-14H,1-5H3. The van der Waals surface area contributed by atoms with E-state index in [1.165, 1.54) is 11.6 Å². The fraction of sp³-hybridized carbons (Fsp3) is 0.208. The van der Waals surface area contributed by atoms with Gasteiger partial charge in [0.15, 0.2) is 0 Å². The van der Waals surface area contributed by atoms with Crippen molar-refractivity contribution in [2.24, 2.45) is 9.98 Å². The summed E-state index contributed by atoms with van der Waals surface area (Å²) in [4.78, 5) is 13.9. The van der Waals surface area contributed by atoms with Gasteiger partial charge in [-0.2, -0.15) is 0 Å². The highest BCUT2D eigenvalue weighted by Gasteiger charge is 2.08. The van der Waals surface area contributed by atoms with E-state index >= 15 is 0 Å². The first kappa shape index (κ1) is 19.6. The zero-order chi connectivity index (χ0) is 20.3. The Morgan fingerprint density at radius 2 is 1.36 bits per heavy atom. The van der Waals surface area contributed by atoms with Crippen molar-refractivity contribution >= 4 is 22.8 Å². The highest BCUT2D eigenvalue weighted by molar-refractivity contribution is 6.02. The van der Waals surface area contributed by atoms with Crippen LogP contribution < -0.4 is 0 Å². The molecule has 0 saturated carbocycles. The Hall–Kier alpha value is -3.14. The number of hydrogen-bond acceptors (Lipinski definition) is 3. The number of aryl methyl sites for hydroxylation is 3. The SMILES string of the molecule is CC(=Nc1ccccc1F)c1cccc(C(C)=Nc2c(C)cc(C)cc2C)n1. The molecule has 0 spiro atoms. The van der Waals surface area contributed by atoms with Crippen molar-refractivity contribution in [2.45, 2.75) is 34.6 Å². The summed E-state index contributed by atoms with van der Waals surface area (Å²) in [6.07, 6.45) is 0. The van der Waals surface area contributed by atoms with Crippen LogP contribution in [0.5, 0.6) is 0 Å². The maximum absolute atomic E-state index is 13.9. The van der Waals surface area contributed by atoms with E-state index < -0.39 is 0 Å². The van der Waals surface area contributed by atoms with Gasteiger partial charge in [0.2, 0.25) is 0 Å². The monoisotopic (exact) mass is 373 g/mol. The lowest BCUT2D eigenvalue weighted by atomic mass is 10.1. The molecule has 0 saturated heterocycles. The van der Waals surface area contributed by atoms with Crippen LogP contribution in [0.3, 0.4) is 0 Å². The summed E-state index contributed by atoms with van der Waals surface area (Å²) in [6.45, 7) is 10.0. The summed E-state index contributed by atoms with van der Waals surface area (Å²) in [5, 5.41) is 0. The Kier molecular flexibility index (Phi) is 5.78. The molecule has 2 aromatic carbocycles. The van der Waals surface area contributed by atoms with Crippen molar-refractivity contribution in [3.63, 3.8) is 0 Å². The first-order chi connectivity index (χ1) is 13.3. The largest absolute Gasteiger partial charge is 0.251 e. The Labute approximate surface area is 165 Å². The number of aromatic nitrogens is 1. The molecule has 3 rings (SSSR count). The van der Waals surface area contributed by atoms with E-state index in [0.29, 0.717) is 17.1 Å². The average molecular weight is 373 g/mol. The van der Waals surface area contributed by atoms with E-state index in [4.69, 9.17) is 4.99 Å². The molecule has 0 radical (unpaired) electrons. The summed E-state index contributed by atoms with van der Waals surface area (Å²) >= 11 is 0. The normalized spacial score (nSPS) is 12.4. The van der Waals surface area contributed by atoms with Crippen molar-refractivity contribution < 1.29 is 4.39 Å². The van der Waals surface area contributed by atoms with Gasteiger partial charge in [0.1, 0.15) is 5.82 Å². The molecular weight excluding hydrogens is 349 g/mol. The zero-order valence-corrected chi connectivity index (χ0v) is 16.9. The number of aliphatic imine (C=N–C) groups is 2. The molecule has 0 atom stereocenters. The van der Waals surface area contributed by atoms with Crippen LogP contribution in [-0.2, 0) is 0 Å². The lowest BCUT2D eigenvalue weighted by Gasteiger charge is -2.09. The first-order valence-corrected chi connectivity index (χ1v) is 9.26. The number of hydrogen-bond donors (Lipinski definition) is 0. The van der Waals surface area contributed by atoms with Gasteiger partial charge in [-0.1, -0.05) is 35.9 Å². The summed E-state index contributed by atoms with van der Waals surface area (Å²) in [6, 6.07) is 16.5. The highest BCUT2D eigenvalue weighted by Crippen LogP contribution is 2.26. The summed E-state index contributed by atoms with van der Waals surface area (Å²) in [5.41, 5.74) is 7.77. The lowest BCUT2D eigenvalue weighted by molar-refractivity contribution is 0.630. The van der Waals surface area contributed by atoms with Crippen LogP contribution in [0.1, 0.15) is 41.9 Å². The van der Waals surface area contributed by atoms with Gasteiger partial charge >= 0.3 is 0 Å². The zero-order valence-electron chi connectivity index (χ0n) is 16.9. The molecule has 0 aliphatic heterocycles. The lowest BCUT2D eigenvalue weighted by Crippen LogP contribution is -2.05. The average Bonchev–Trinajstić information content (AvgIpc) is 2.66. The Morgan fingerprint density at radius 3 is 1.96 bits per heavy atom. The molecular formula is C24H24FN3. The van der Waals surface area contributed by atoms with Crippen LogP contribution in [0.25, 0.3) is 0 Å². The maximum atomic E-state index is 13.9. The van der Waals surface area contributed by atoms with Gasteiger partial charge < -0.3 is 0 Å². The van der Waals surface area contributed by atoms with E-state index in [9.17, 15) is 4.39 Å². The van der Waals surface area contributed by atoms with E-state index in [2.05, 4.69) is 42.9 Å².